The van der Waals surface area contributed by atoms with Crippen molar-refractivity contribution in [3.8, 4) is 82.9 Å². The Morgan fingerprint density at radius 3 is 2.05 bits per heavy atom. The lowest BCUT2D eigenvalue weighted by molar-refractivity contribution is -0.139. The molecule has 2 aliphatic rings. The van der Waals surface area contributed by atoms with Gasteiger partial charge in [-0.05, 0) is 118 Å². The normalized spacial score (nSPS) is 21.0. The van der Waals surface area contributed by atoms with Crippen molar-refractivity contribution in [2.75, 3.05) is 13.2 Å². The summed E-state index contributed by atoms with van der Waals surface area (Å²) >= 11 is 0. The Morgan fingerprint density at radius 2 is 1.49 bits per heavy atom. The van der Waals surface area contributed by atoms with Crippen LogP contribution in [0.3, 0.4) is 0 Å². The fourth-order valence-electron chi connectivity index (χ4n) is 4.21. The molecule has 0 aromatic heterocycles. The molecule has 0 spiro atoms. The molecule has 37 heavy (non-hydrogen) atoms. The molecule has 1 heterocycles. The van der Waals surface area contributed by atoms with Gasteiger partial charge in [-0.15, -0.1) is 0 Å². The molecule has 4 unspecified atom stereocenters. The first-order valence-corrected chi connectivity index (χ1v) is 12.0. The van der Waals surface area contributed by atoms with Crippen LogP contribution in [0.15, 0.2) is 11.3 Å². The number of hydrogen-bond donors (Lipinski definition) is 2. The summed E-state index contributed by atoms with van der Waals surface area (Å²) in [4.78, 5) is 25.2. The van der Waals surface area contributed by atoms with Gasteiger partial charge in [0.05, 0.1) is 24.3 Å². The number of hydrogen-bond acceptors (Lipinski definition) is 4. The smallest absolute Gasteiger partial charge is 0.337 e. The maximum absolute atomic E-state index is 12.8. The zero-order valence-electron chi connectivity index (χ0n) is 21.5. The van der Waals surface area contributed by atoms with Gasteiger partial charge in [0, 0.05) is 24.1 Å². The van der Waals surface area contributed by atoms with E-state index in [0.717, 1.165) is 19.3 Å². The minimum absolute atomic E-state index is 0.151. The maximum Gasteiger partial charge on any atom is 0.337 e. The lowest BCUT2D eigenvalue weighted by Gasteiger charge is -2.42. The van der Waals surface area contributed by atoms with Crippen LogP contribution in [0.5, 0.6) is 0 Å². The van der Waals surface area contributed by atoms with Gasteiger partial charge in [0.2, 0.25) is 0 Å². The summed E-state index contributed by atoms with van der Waals surface area (Å²) in [5, 5.41) is 5.60. The van der Waals surface area contributed by atoms with Crippen LogP contribution in [0.4, 0.5) is 4.79 Å². The summed E-state index contributed by atoms with van der Waals surface area (Å²) in [5.74, 6) is 36.4. The van der Waals surface area contributed by atoms with Gasteiger partial charge in [-0.2, -0.15) is 0 Å². The second-order valence-corrected chi connectivity index (χ2v) is 7.84. The Bertz CT molecular complexity index is 1350. The van der Waals surface area contributed by atoms with E-state index in [1.54, 1.807) is 20.8 Å². The lowest BCUT2D eigenvalue weighted by atomic mass is 9.71. The molecular weight excluding hydrogens is 464 g/mol. The van der Waals surface area contributed by atoms with Crippen molar-refractivity contribution in [1.82, 2.24) is 10.6 Å². The predicted molar refractivity (Wildman–Crippen MR) is 141 cm³/mol. The summed E-state index contributed by atoms with van der Waals surface area (Å²) in [6, 6.07) is -0.961. The van der Waals surface area contributed by atoms with Crippen LogP contribution < -0.4 is 10.6 Å². The van der Waals surface area contributed by atoms with Crippen molar-refractivity contribution in [3.05, 3.63) is 11.3 Å². The van der Waals surface area contributed by atoms with E-state index in [0.29, 0.717) is 17.9 Å². The lowest BCUT2D eigenvalue weighted by Crippen LogP contribution is -2.57. The van der Waals surface area contributed by atoms with Crippen molar-refractivity contribution < 1.29 is 19.1 Å². The van der Waals surface area contributed by atoms with Crippen LogP contribution in [0, 0.1) is 94.7 Å². The minimum atomic E-state index is -0.591. The number of ether oxygens (including phenoxy) is 2. The van der Waals surface area contributed by atoms with Crippen LogP contribution >= 0.6 is 0 Å². The highest BCUT2D eigenvalue weighted by Crippen LogP contribution is 2.38. The molecule has 1 aliphatic carbocycles. The molecule has 0 aromatic carbocycles. The summed E-state index contributed by atoms with van der Waals surface area (Å²) in [6.07, 6.45) is 2.33. The molecule has 0 bridgehead atoms. The third-order valence-corrected chi connectivity index (χ3v) is 5.53. The highest BCUT2D eigenvalue weighted by Gasteiger charge is 2.45. The average molecular weight is 493 g/mol. The summed E-state index contributed by atoms with van der Waals surface area (Å²) < 4.78 is 11.3. The Hall–Kier alpha value is -4.64. The highest BCUT2D eigenvalue weighted by atomic mass is 16.5. The Morgan fingerprint density at radius 1 is 0.892 bits per heavy atom. The van der Waals surface area contributed by atoms with Gasteiger partial charge in [0.15, 0.2) is 0 Å². The molecule has 1 aliphatic heterocycles. The number of nitrogens with one attached hydrogen (secondary N) is 2. The van der Waals surface area contributed by atoms with Crippen molar-refractivity contribution in [1.29, 1.82) is 0 Å². The largest absolute Gasteiger partial charge is 0.463 e. The number of allylic oxidation sites excluding steroid dienone is 1. The molecule has 2 amide bonds. The van der Waals surface area contributed by atoms with Gasteiger partial charge in [-0.1, -0.05) is 11.8 Å². The second kappa shape index (κ2) is 16.1. The van der Waals surface area contributed by atoms with E-state index < -0.39 is 12.0 Å². The quantitative estimate of drug-likeness (QED) is 0.457. The van der Waals surface area contributed by atoms with E-state index in [-0.39, 0.29) is 30.6 Å². The van der Waals surface area contributed by atoms with Crippen LogP contribution in [0.25, 0.3) is 0 Å². The highest BCUT2D eigenvalue weighted by molar-refractivity contribution is 5.94. The molecule has 0 saturated heterocycles. The number of esters is 1. The van der Waals surface area contributed by atoms with Crippen molar-refractivity contribution in [2.24, 2.45) is 11.8 Å². The fourth-order valence-corrected chi connectivity index (χ4v) is 4.21. The topological polar surface area (TPSA) is 76.7 Å². The number of urea groups is 1. The first-order chi connectivity index (χ1) is 18.0. The van der Waals surface area contributed by atoms with Crippen LogP contribution in [-0.4, -0.2) is 37.4 Å². The monoisotopic (exact) mass is 492 g/mol. The first kappa shape index (κ1) is 28.6. The molecule has 6 nitrogen and oxygen atoms in total. The first-order valence-electron chi connectivity index (χ1n) is 12.0. The predicted octanol–water partition coefficient (Wildman–Crippen LogP) is 2.37. The standard InChI is InChI=1S/C31H28N2O4/c1-5-8-9-10-11-12-13-14-15-16-17-18-19-21-25-22-20-23-26(36-6-2)28(25)29-27(30(34)37-7-3)24(4)32-31(35)33-29/h25-26,28-29H,6-7,20,22-23H2,1-4H3,(H2,32,33,35). The molecule has 2 rings (SSSR count). The number of carbonyl (C=O) groups is 2. The van der Waals surface area contributed by atoms with E-state index in [1.165, 1.54) is 0 Å². The Kier molecular flexibility index (Phi) is 12.5. The Balaban J connectivity index is 2.26. The zero-order chi connectivity index (χ0) is 26.9. The van der Waals surface area contributed by atoms with E-state index >= 15 is 0 Å². The van der Waals surface area contributed by atoms with E-state index in [4.69, 9.17) is 9.47 Å². The molecule has 2 N–H and O–H groups in total. The number of amides is 2. The zero-order valence-corrected chi connectivity index (χ0v) is 21.5. The molecule has 4 atom stereocenters. The maximum atomic E-state index is 12.8. The van der Waals surface area contributed by atoms with E-state index in [9.17, 15) is 9.59 Å². The molecule has 0 radical (unpaired) electrons. The fraction of sp³-hybridized carbons (Fsp3) is 0.419. The summed E-state index contributed by atoms with van der Waals surface area (Å²) in [7, 11) is 0. The third-order valence-electron chi connectivity index (χ3n) is 5.53. The molecule has 0 aromatic rings. The van der Waals surface area contributed by atoms with Gasteiger partial charge >= 0.3 is 12.0 Å². The molecule has 6 heteroatoms. The van der Waals surface area contributed by atoms with Gasteiger partial charge in [0.1, 0.15) is 0 Å². The average Bonchev–Trinajstić information content (AvgIpc) is 2.86. The van der Waals surface area contributed by atoms with Gasteiger partial charge in [-0.3, -0.25) is 0 Å². The van der Waals surface area contributed by atoms with Gasteiger partial charge in [0.25, 0.3) is 0 Å². The molecule has 1 saturated carbocycles. The van der Waals surface area contributed by atoms with E-state index in [1.807, 2.05) is 6.92 Å². The second-order valence-electron chi connectivity index (χ2n) is 7.84. The third kappa shape index (κ3) is 9.15. The minimum Gasteiger partial charge on any atom is -0.463 e. The summed E-state index contributed by atoms with van der Waals surface area (Å²) in [5.41, 5.74) is 0.870. The number of rotatable bonds is 5. The van der Waals surface area contributed by atoms with Crippen molar-refractivity contribution >= 4 is 12.0 Å². The van der Waals surface area contributed by atoms with E-state index in [2.05, 4.69) is 93.5 Å². The number of carbonyl (C=O) groups excluding carboxylic acids is 2. The van der Waals surface area contributed by atoms with Crippen LogP contribution in [-0.2, 0) is 14.3 Å². The SMILES string of the molecule is CC#CC#CC#CC#CC#CC#CC#CC1CCCC(OCC)C1C1NC(=O)NC(C)=C1C(=O)OCC. The molecule has 186 valence electrons. The van der Waals surface area contributed by atoms with Crippen LogP contribution in [0.2, 0.25) is 0 Å². The van der Waals surface area contributed by atoms with Crippen molar-refractivity contribution in [2.45, 2.75) is 59.1 Å². The summed E-state index contributed by atoms with van der Waals surface area (Å²) in [6.45, 7) is 7.81. The molecule has 1 fully saturated rings. The molecular formula is C31H28N2O4. The Labute approximate surface area is 220 Å². The van der Waals surface area contributed by atoms with Gasteiger partial charge < -0.3 is 20.1 Å². The van der Waals surface area contributed by atoms with Crippen molar-refractivity contribution in [3.63, 3.8) is 0 Å². The van der Waals surface area contributed by atoms with Crippen LogP contribution in [0.1, 0.15) is 47.0 Å². The van der Waals surface area contributed by atoms with Gasteiger partial charge in [-0.25, -0.2) is 9.59 Å².